The van der Waals surface area contributed by atoms with Crippen LogP contribution >= 0.6 is 0 Å². The second-order valence-electron chi connectivity index (χ2n) is 5.62. The molecule has 0 aromatic carbocycles. The van der Waals surface area contributed by atoms with Crippen LogP contribution in [-0.2, 0) is 0 Å². The van der Waals surface area contributed by atoms with E-state index in [1.165, 1.54) is 26.2 Å². The molecule has 1 aliphatic rings. The maximum absolute atomic E-state index is 3.60. The molecule has 1 aliphatic heterocycles. The van der Waals surface area contributed by atoms with Crippen LogP contribution < -0.4 is 5.32 Å². The van der Waals surface area contributed by atoms with Gasteiger partial charge in [0.25, 0.3) is 0 Å². The zero-order valence-corrected chi connectivity index (χ0v) is 11.7. The Balaban J connectivity index is 2.14. The Kier molecular flexibility index (Phi) is 5.73. The van der Waals surface area contributed by atoms with E-state index < -0.39 is 0 Å². The Morgan fingerprint density at radius 1 is 1.25 bits per heavy atom. The summed E-state index contributed by atoms with van der Waals surface area (Å²) in [7, 11) is 2.22. The summed E-state index contributed by atoms with van der Waals surface area (Å²) >= 11 is 0. The summed E-state index contributed by atoms with van der Waals surface area (Å²) in [5.74, 6) is 0.728. The summed E-state index contributed by atoms with van der Waals surface area (Å²) < 4.78 is 0. The molecule has 0 aromatic heterocycles. The lowest BCUT2D eigenvalue weighted by molar-refractivity contribution is 0.105. The van der Waals surface area contributed by atoms with Gasteiger partial charge in [0.15, 0.2) is 0 Å². The number of rotatable bonds is 5. The number of piperazine rings is 1. The first kappa shape index (κ1) is 13.9. The van der Waals surface area contributed by atoms with Crippen molar-refractivity contribution in [2.24, 2.45) is 5.92 Å². The van der Waals surface area contributed by atoms with Crippen molar-refractivity contribution in [1.29, 1.82) is 0 Å². The van der Waals surface area contributed by atoms with Crippen molar-refractivity contribution in [3.05, 3.63) is 0 Å². The molecular formula is C13H29N3. The van der Waals surface area contributed by atoms with Gasteiger partial charge in [-0.05, 0) is 26.8 Å². The van der Waals surface area contributed by atoms with Crippen molar-refractivity contribution >= 4 is 0 Å². The molecule has 0 amide bonds. The normalized spacial score (nSPS) is 26.2. The predicted molar refractivity (Wildman–Crippen MR) is 70.8 cm³/mol. The van der Waals surface area contributed by atoms with Crippen LogP contribution in [0.2, 0.25) is 0 Å². The van der Waals surface area contributed by atoms with Crippen LogP contribution in [0.1, 0.15) is 27.7 Å². The third-order valence-electron chi connectivity index (χ3n) is 3.94. The van der Waals surface area contributed by atoms with Gasteiger partial charge in [-0.1, -0.05) is 13.8 Å². The van der Waals surface area contributed by atoms with Gasteiger partial charge in [0.05, 0.1) is 0 Å². The van der Waals surface area contributed by atoms with Crippen molar-refractivity contribution in [1.82, 2.24) is 15.1 Å². The standard InChI is InChI=1S/C13H29N3/c1-11(2)13(4)14-6-7-16-9-8-15(5)12(3)10-16/h11-14H,6-10H2,1-5H3. The second kappa shape index (κ2) is 6.58. The lowest BCUT2D eigenvalue weighted by atomic mass is 10.1. The fourth-order valence-corrected chi connectivity index (χ4v) is 2.01. The first-order valence-corrected chi connectivity index (χ1v) is 6.66. The van der Waals surface area contributed by atoms with E-state index in [9.17, 15) is 0 Å². The average molecular weight is 227 g/mol. The molecule has 0 saturated carbocycles. The minimum absolute atomic E-state index is 0.630. The van der Waals surface area contributed by atoms with Gasteiger partial charge in [-0.25, -0.2) is 0 Å². The van der Waals surface area contributed by atoms with Gasteiger partial charge >= 0.3 is 0 Å². The molecule has 3 heteroatoms. The SMILES string of the molecule is CC(C)C(C)NCCN1CCN(C)C(C)C1. The van der Waals surface area contributed by atoms with Crippen LogP contribution in [-0.4, -0.2) is 61.7 Å². The smallest absolute Gasteiger partial charge is 0.0192 e. The largest absolute Gasteiger partial charge is 0.313 e. The lowest BCUT2D eigenvalue weighted by Gasteiger charge is -2.37. The number of nitrogens with zero attached hydrogens (tertiary/aromatic N) is 2. The highest BCUT2D eigenvalue weighted by molar-refractivity contribution is 4.77. The van der Waals surface area contributed by atoms with Gasteiger partial charge in [0, 0.05) is 44.8 Å². The van der Waals surface area contributed by atoms with E-state index in [1.54, 1.807) is 0 Å². The summed E-state index contributed by atoms with van der Waals surface area (Å²) in [4.78, 5) is 5.02. The van der Waals surface area contributed by atoms with Crippen molar-refractivity contribution < 1.29 is 0 Å². The maximum Gasteiger partial charge on any atom is 0.0192 e. The molecule has 96 valence electrons. The zero-order valence-electron chi connectivity index (χ0n) is 11.7. The molecule has 0 aromatic rings. The third kappa shape index (κ3) is 4.40. The van der Waals surface area contributed by atoms with Crippen molar-refractivity contribution in [2.75, 3.05) is 39.8 Å². The molecule has 1 N–H and O–H groups in total. The zero-order chi connectivity index (χ0) is 12.1. The first-order valence-electron chi connectivity index (χ1n) is 6.66. The van der Waals surface area contributed by atoms with E-state index in [2.05, 4.69) is 49.9 Å². The molecule has 1 rings (SSSR count). The van der Waals surface area contributed by atoms with E-state index in [4.69, 9.17) is 0 Å². The maximum atomic E-state index is 3.60. The van der Waals surface area contributed by atoms with E-state index in [0.29, 0.717) is 12.1 Å². The van der Waals surface area contributed by atoms with Crippen LogP contribution in [0.15, 0.2) is 0 Å². The number of hydrogen-bond donors (Lipinski definition) is 1. The fraction of sp³-hybridized carbons (Fsp3) is 1.00. The summed E-state index contributed by atoms with van der Waals surface area (Å²) in [5, 5.41) is 3.60. The summed E-state index contributed by atoms with van der Waals surface area (Å²) in [5.41, 5.74) is 0. The second-order valence-corrected chi connectivity index (χ2v) is 5.62. The molecule has 0 spiro atoms. The highest BCUT2D eigenvalue weighted by Gasteiger charge is 2.19. The Bertz CT molecular complexity index is 194. The number of nitrogens with one attached hydrogen (secondary N) is 1. The summed E-state index contributed by atoms with van der Waals surface area (Å²) in [6.45, 7) is 15.1. The lowest BCUT2D eigenvalue weighted by Crippen LogP contribution is -2.51. The van der Waals surface area contributed by atoms with E-state index in [0.717, 1.165) is 12.5 Å². The highest BCUT2D eigenvalue weighted by Crippen LogP contribution is 2.06. The Morgan fingerprint density at radius 2 is 1.94 bits per heavy atom. The van der Waals surface area contributed by atoms with Gasteiger partial charge in [-0.2, -0.15) is 0 Å². The van der Waals surface area contributed by atoms with Crippen molar-refractivity contribution in [3.8, 4) is 0 Å². The van der Waals surface area contributed by atoms with Gasteiger partial charge in [0.2, 0.25) is 0 Å². The van der Waals surface area contributed by atoms with Crippen LogP contribution in [0.25, 0.3) is 0 Å². The molecule has 1 saturated heterocycles. The van der Waals surface area contributed by atoms with Crippen molar-refractivity contribution in [3.63, 3.8) is 0 Å². The number of likely N-dealkylation sites (N-methyl/N-ethyl adjacent to an activating group) is 1. The molecule has 0 bridgehead atoms. The highest BCUT2D eigenvalue weighted by atomic mass is 15.3. The van der Waals surface area contributed by atoms with Crippen LogP contribution in [0.4, 0.5) is 0 Å². The van der Waals surface area contributed by atoms with E-state index in [-0.39, 0.29) is 0 Å². The predicted octanol–water partition coefficient (Wildman–Crippen LogP) is 1.26. The number of hydrogen-bond acceptors (Lipinski definition) is 3. The molecule has 16 heavy (non-hydrogen) atoms. The quantitative estimate of drug-likeness (QED) is 0.763. The van der Waals surface area contributed by atoms with Crippen LogP contribution in [0.3, 0.4) is 0 Å². The van der Waals surface area contributed by atoms with Gasteiger partial charge < -0.3 is 10.2 Å². The Morgan fingerprint density at radius 3 is 2.50 bits per heavy atom. The molecule has 0 radical (unpaired) electrons. The Labute approximate surface area is 101 Å². The molecule has 2 unspecified atom stereocenters. The minimum atomic E-state index is 0.630. The fourth-order valence-electron chi connectivity index (χ4n) is 2.01. The third-order valence-corrected chi connectivity index (χ3v) is 3.94. The molecule has 0 aliphatic carbocycles. The summed E-state index contributed by atoms with van der Waals surface area (Å²) in [6.07, 6.45) is 0. The topological polar surface area (TPSA) is 18.5 Å². The van der Waals surface area contributed by atoms with Crippen molar-refractivity contribution in [2.45, 2.75) is 39.8 Å². The molecular weight excluding hydrogens is 198 g/mol. The molecule has 2 atom stereocenters. The van der Waals surface area contributed by atoms with E-state index in [1.807, 2.05) is 0 Å². The van der Waals surface area contributed by atoms with E-state index >= 15 is 0 Å². The van der Waals surface area contributed by atoms with Gasteiger partial charge in [0.1, 0.15) is 0 Å². The van der Waals surface area contributed by atoms with Crippen LogP contribution in [0, 0.1) is 5.92 Å². The first-order chi connectivity index (χ1) is 7.50. The average Bonchev–Trinajstić information content (AvgIpc) is 2.23. The Hall–Kier alpha value is -0.120. The van der Waals surface area contributed by atoms with Crippen LogP contribution in [0.5, 0.6) is 0 Å². The molecule has 1 heterocycles. The van der Waals surface area contributed by atoms with Gasteiger partial charge in [-0.3, -0.25) is 4.90 Å². The van der Waals surface area contributed by atoms with Gasteiger partial charge in [-0.15, -0.1) is 0 Å². The monoisotopic (exact) mass is 227 g/mol. The summed E-state index contributed by atoms with van der Waals surface area (Å²) in [6, 6.07) is 1.33. The molecule has 3 nitrogen and oxygen atoms in total. The minimum Gasteiger partial charge on any atom is -0.313 e. The molecule has 1 fully saturated rings.